The number of hydrogen-bond acceptors (Lipinski definition) is 1. The smallest absolute Gasteiger partial charge is 0.00643 e. The van der Waals surface area contributed by atoms with Crippen LogP contribution in [-0.4, -0.2) is 12.6 Å². The average Bonchev–Trinajstić information content (AvgIpc) is 2.10. The van der Waals surface area contributed by atoms with Crippen molar-refractivity contribution >= 4 is 0 Å². The second-order valence-electron chi connectivity index (χ2n) is 3.87. The number of hydrogen-bond donors (Lipinski definition) is 1. The highest BCUT2D eigenvalue weighted by Gasteiger charge is 2.02. The number of unbranched alkanes of at least 4 members (excludes halogenated alkanes) is 1. The summed E-state index contributed by atoms with van der Waals surface area (Å²) < 4.78 is 0. The molecule has 1 nitrogen and oxygen atoms in total. The molecule has 0 saturated carbocycles. The van der Waals surface area contributed by atoms with Gasteiger partial charge in [0.05, 0.1) is 0 Å². The molecule has 0 amide bonds. The molecule has 13 heavy (non-hydrogen) atoms. The van der Waals surface area contributed by atoms with Crippen LogP contribution in [0.5, 0.6) is 0 Å². The summed E-state index contributed by atoms with van der Waals surface area (Å²) in [6, 6.07) is 0.732. The van der Waals surface area contributed by atoms with E-state index in [1.54, 1.807) is 0 Å². The van der Waals surface area contributed by atoms with Crippen molar-refractivity contribution in [2.24, 2.45) is 0 Å². The van der Waals surface area contributed by atoms with E-state index >= 15 is 0 Å². The van der Waals surface area contributed by atoms with Crippen molar-refractivity contribution in [2.45, 2.75) is 58.9 Å². The van der Waals surface area contributed by atoms with Crippen LogP contribution in [0, 0.1) is 0 Å². The fraction of sp³-hybridized carbons (Fsp3) is 0.833. The Kier molecular flexibility index (Phi) is 8.11. The van der Waals surface area contributed by atoms with Gasteiger partial charge in [-0.1, -0.05) is 25.8 Å². The van der Waals surface area contributed by atoms with Gasteiger partial charge < -0.3 is 5.32 Å². The van der Waals surface area contributed by atoms with Gasteiger partial charge in [0.1, 0.15) is 0 Å². The predicted octanol–water partition coefficient (Wildman–Crippen LogP) is 3.51. The van der Waals surface area contributed by atoms with Crippen molar-refractivity contribution < 1.29 is 0 Å². The number of allylic oxidation sites excluding steroid dienone is 1. The van der Waals surface area contributed by atoms with Crippen LogP contribution in [-0.2, 0) is 0 Å². The Hall–Kier alpha value is -0.300. The van der Waals surface area contributed by atoms with Gasteiger partial charge in [-0.25, -0.2) is 0 Å². The summed E-state index contributed by atoms with van der Waals surface area (Å²) in [5.74, 6) is 0. The van der Waals surface area contributed by atoms with Crippen LogP contribution in [0.25, 0.3) is 0 Å². The number of nitrogens with one attached hydrogen (secondary N) is 1. The third kappa shape index (κ3) is 8.04. The summed E-state index contributed by atoms with van der Waals surface area (Å²) in [7, 11) is 0. The van der Waals surface area contributed by atoms with Crippen LogP contribution in [0.2, 0.25) is 0 Å². The molecule has 1 N–H and O–H groups in total. The fourth-order valence-electron chi connectivity index (χ4n) is 1.56. The topological polar surface area (TPSA) is 12.0 Å². The summed E-state index contributed by atoms with van der Waals surface area (Å²) in [6.45, 7) is 11.6. The minimum Gasteiger partial charge on any atom is -0.314 e. The maximum absolute atomic E-state index is 3.91. The van der Waals surface area contributed by atoms with Crippen LogP contribution < -0.4 is 5.32 Å². The summed E-state index contributed by atoms with van der Waals surface area (Å²) in [4.78, 5) is 0. The van der Waals surface area contributed by atoms with Crippen LogP contribution in [0.4, 0.5) is 0 Å². The summed E-state index contributed by atoms with van der Waals surface area (Å²) in [5.41, 5.74) is 1.32. The highest BCUT2D eigenvalue weighted by atomic mass is 14.9. The van der Waals surface area contributed by atoms with Crippen LogP contribution in [0.15, 0.2) is 12.2 Å². The van der Waals surface area contributed by atoms with Crippen molar-refractivity contribution in [3.8, 4) is 0 Å². The first kappa shape index (κ1) is 12.7. The largest absolute Gasteiger partial charge is 0.314 e. The molecule has 0 bridgehead atoms. The van der Waals surface area contributed by atoms with Gasteiger partial charge in [0, 0.05) is 6.04 Å². The van der Waals surface area contributed by atoms with Gasteiger partial charge in [0.2, 0.25) is 0 Å². The van der Waals surface area contributed by atoms with Gasteiger partial charge >= 0.3 is 0 Å². The molecule has 0 heterocycles. The lowest BCUT2D eigenvalue weighted by molar-refractivity contribution is 0.459. The van der Waals surface area contributed by atoms with Gasteiger partial charge in [-0.15, -0.1) is 6.58 Å². The van der Waals surface area contributed by atoms with Crippen LogP contribution in [0.3, 0.4) is 0 Å². The standard InChI is InChI=1S/C12H25N/c1-5-12(13-6-2)10-8-7-9-11(3)4/h12-13H,3,5-10H2,1-2,4H3. The summed E-state index contributed by atoms with van der Waals surface area (Å²) >= 11 is 0. The zero-order valence-corrected chi connectivity index (χ0v) is 9.53. The van der Waals surface area contributed by atoms with Crippen LogP contribution in [0.1, 0.15) is 52.9 Å². The molecular formula is C12H25N. The molecule has 0 aliphatic carbocycles. The second-order valence-corrected chi connectivity index (χ2v) is 3.87. The van der Waals surface area contributed by atoms with E-state index in [1.807, 2.05) is 0 Å². The molecule has 0 spiro atoms. The molecule has 0 aromatic heterocycles. The molecule has 0 aliphatic heterocycles. The van der Waals surface area contributed by atoms with Gasteiger partial charge in [0.15, 0.2) is 0 Å². The predicted molar refractivity (Wildman–Crippen MR) is 61.0 cm³/mol. The van der Waals surface area contributed by atoms with Crippen molar-refractivity contribution in [1.82, 2.24) is 5.32 Å². The molecule has 0 aliphatic rings. The zero-order valence-electron chi connectivity index (χ0n) is 9.53. The Morgan fingerprint density at radius 1 is 1.31 bits per heavy atom. The first-order valence-corrected chi connectivity index (χ1v) is 5.58. The van der Waals surface area contributed by atoms with Crippen molar-refractivity contribution in [1.29, 1.82) is 0 Å². The highest BCUT2D eigenvalue weighted by molar-refractivity contribution is 4.87. The zero-order chi connectivity index (χ0) is 10.1. The first-order chi connectivity index (χ1) is 6.20. The lowest BCUT2D eigenvalue weighted by atomic mass is 10.0. The van der Waals surface area contributed by atoms with Crippen LogP contribution >= 0.6 is 0 Å². The Morgan fingerprint density at radius 3 is 2.46 bits per heavy atom. The second kappa shape index (κ2) is 8.31. The van der Waals surface area contributed by atoms with E-state index in [2.05, 4.69) is 32.7 Å². The molecule has 1 unspecified atom stereocenters. The molecular weight excluding hydrogens is 158 g/mol. The molecule has 78 valence electrons. The Labute approximate surface area is 83.6 Å². The van der Waals surface area contributed by atoms with E-state index in [0.29, 0.717) is 0 Å². The SMILES string of the molecule is C=C(C)CCCCC(CC)NCC. The van der Waals surface area contributed by atoms with E-state index in [4.69, 9.17) is 0 Å². The molecule has 0 aromatic rings. The Morgan fingerprint density at radius 2 is 2.00 bits per heavy atom. The normalized spacial score (nSPS) is 12.8. The van der Waals surface area contributed by atoms with E-state index in [1.165, 1.54) is 37.7 Å². The molecule has 1 atom stereocenters. The lowest BCUT2D eigenvalue weighted by Crippen LogP contribution is -2.27. The quantitative estimate of drug-likeness (QED) is 0.448. The monoisotopic (exact) mass is 183 g/mol. The fourth-order valence-corrected chi connectivity index (χ4v) is 1.56. The first-order valence-electron chi connectivity index (χ1n) is 5.58. The van der Waals surface area contributed by atoms with Gasteiger partial charge in [-0.3, -0.25) is 0 Å². The van der Waals surface area contributed by atoms with Gasteiger partial charge in [-0.2, -0.15) is 0 Å². The average molecular weight is 183 g/mol. The molecule has 0 radical (unpaired) electrons. The van der Waals surface area contributed by atoms with Gasteiger partial charge in [0.25, 0.3) is 0 Å². The molecule has 0 saturated heterocycles. The van der Waals surface area contributed by atoms with Crippen molar-refractivity contribution in [2.75, 3.05) is 6.54 Å². The summed E-state index contributed by atoms with van der Waals surface area (Å²) in [6.07, 6.45) is 6.40. The van der Waals surface area contributed by atoms with E-state index in [0.717, 1.165) is 12.6 Å². The van der Waals surface area contributed by atoms with E-state index in [9.17, 15) is 0 Å². The van der Waals surface area contributed by atoms with E-state index in [-0.39, 0.29) is 0 Å². The third-order valence-corrected chi connectivity index (χ3v) is 2.39. The minimum absolute atomic E-state index is 0.732. The lowest BCUT2D eigenvalue weighted by Gasteiger charge is -2.15. The maximum Gasteiger partial charge on any atom is 0.00643 e. The molecule has 0 fully saturated rings. The van der Waals surface area contributed by atoms with Crippen molar-refractivity contribution in [3.63, 3.8) is 0 Å². The van der Waals surface area contributed by atoms with Crippen molar-refractivity contribution in [3.05, 3.63) is 12.2 Å². The Bertz CT molecular complexity index is 129. The highest BCUT2D eigenvalue weighted by Crippen LogP contribution is 2.09. The molecule has 1 heteroatoms. The van der Waals surface area contributed by atoms with Gasteiger partial charge in [-0.05, 0) is 39.2 Å². The third-order valence-electron chi connectivity index (χ3n) is 2.39. The molecule has 0 rings (SSSR count). The maximum atomic E-state index is 3.91. The Balaban J connectivity index is 3.32. The van der Waals surface area contributed by atoms with E-state index < -0.39 is 0 Å². The molecule has 0 aromatic carbocycles. The number of rotatable bonds is 8. The minimum atomic E-state index is 0.732. The summed E-state index contributed by atoms with van der Waals surface area (Å²) in [5, 5.41) is 3.50.